The monoisotopic (exact) mass is 396 g/mol. The molecule has 0 fully saturated rings. The average Bonchev–Trinajstić information content (AvgIpc) is 3.07. The summed E-state index contributed by atoms with van der Waals surface area (Å²) < 4.78 is 7.71. The molecule has 0 aliphatic carbocycles. The van der Waals surface area contributed by atoms with Gasteiger partial charge in [0.2, 0.25) is 0 Å². The molecule has 4 aromatic rings. The first-order valence-electron chi connectivity index (χ1n) is 8.99. The second-order valence-electron chi connectivity index (χ2n) is 7.54. The van der Waals surface area contributed by atoms with Crippen molar-refractivity contribution in [1.82, 2.24) is 19.4 Å². The normalized spacial score (nSPS) is 12.1. The van der Waals surface area contributed by atoms with Crippen LogP contribution in [0, 0.1) is 13.8 Å². The van der Waals surface area contributed by atoms with Crippen LogP contribution in [0.1, 0.15) is 25.2 Å². The first-order valence-corrected chi connectivity index (χ1v) is 9.37. The zero-order valence-electron chi connectivity index (χ0n) is 16.2. The van der Waals surface area contributed by atoms with Gasteiger partial charge in [0.25, 0.3) is 0 Å². The Morgan fingerprint density at radius 2 is 1.93 bits per heavy atom. The van der Waals surface area contributed by atoms with Gasteiger partial charge in [0.1, 0.15) is 23.7 Å². The van der Waals surface area contributed by atoms with Gasteiger partial charge in [-0.25, -0.2) is 15.0 Å². The number of aryl methyl sites for hydroxylation is 2. The van der Waals surface area contributed by atoms with Crippen molar-refractivity contribution < 1.29 is 9.84 Å². The van der Waals surface area contributed by atoms with Gasteiger partial charge in [-0.2, -0.15) is 0 Å². The second kappa shape index (κ2) is 6.72. The predicted octanol–water partition coefficient (Wildman–Crippen LogP) is 4.36. The molecular formula is C21H21ClN4O2. The SMILES string of the molecule is Cc1ccc2nc(C)c3cnc(-c4cc(OCC(C)(C)O)ccc4Cl)n3c2n1. The quantitative estimate of drug-likeness (QED) is 0.554. The van der Waals surface area contributed by atoms with Crippen LogP contribution in [-0.2, 0) is 0 Å². The molecule has 0 saturated heterocycles. The number of rotatable bonds is 4. The zero-order chi connectivity index (χ0) is 20.1. The fourth-order valence-electron chi connectivity index (χ4n) is 3.06. The van der Waals surface area contributed by atoms with Crippen molar-refractivity contribution in [3.8, 4) is 17.1 Å². The first kappa shape index (κ1) is 18.7. The van der Waals surface area contributed by atoms with Crippen molar-refractivity contribution in [2.45, 2.75) is 33.3 Å². The van der Waals surface area contributed by atoms with Gasteiger partial charge in [0, 0.05) is 11.3 Å². The van der Waals surface area contributed by atoms with Gasteiger partial charge < -0.3 is 9.84 Å². The maximum absolute atomic E-state index is 9.92. The Kier molecular flexibility index (Phi) is 4.48. The molecule has 0 radical (unpaired) electrons. The van der Waals surface area contributed by atoms with Crippen LogP contribution < -0.4 is 4.74 Å². The van der Waals surface area contributed by atoms with Crippen molar-refractivity contribution in [3.63, 3.8) is 0 Å². The third kappa shape index (κ3) is 3.41. The van der Waals surface area contributed by atoms with E-state index in [-0.39, 0.29) is 6.61 Å². The second-order valence-corrected chi connectivity index (χ2v) is 7.94. The number of benzene rings is 1. The third-order valence-corrected chi connectivity index (χ3v) is 4.73. The van der Waals surface area contributed by atoms with E-state index in [1.165, 1.54) is 0 Å². The highest BCUT2D eigenvalue weighted by atomic mass is 35.5. The van der Waals surface area contributed by atoms with Crippen molar-refractivity contribution >= 4 is 28.3 Å². The Morgan fingerprint density at radius 3 is 2.68 bits per heavy atom. The minimum Gasteiger partial charge on any atom is -0.491 e. The van der Waals surface area contributed by atoms with Gasteiger partial charge in [-0.15, -0.1) is 0 Å². The molecule has 0 spiro atoms. The van der Waals surface area contributed by atoms with Gasteiger partial charge >= 0.3 is 0 Å². The number of hydrogen-bond donors (Lipinski definition) is 1. The number of aromatic nitrogens is 4. The van der Waals surface area contributed by atoms with E-state index in [0.717, 1.165) is 33.6 Å². The van der Waals surface area contributed by atoms with E-state index in [2.05, 4.69) is 15.0 Å². The average molecular weight is 397 g/mol. The summed E-state index contributed by atoms with van der Waals surface area (Å²) in [4.78, 5) is 13.9. The van der Waals surface area contributed by atoms with Crippen LogP contribution in [0.5, 0.6) is 5.75 Å². The molecule has 7 heteroatoms. The Hall–Kier alpha value is -2.70. The first-order chi connectivity index (χ1) is 13.2. The largest absolute Gasteiger partial charge is 0.491 e. The number of fused-ring (bicyclic) bond motifs is 3. The maximum atomic E-state index is 9.92. The molecule has 0 unspecified atom stereocenters. The van der Waals surface area contributed by atoms with E-state index < -0.39 is 5.60 Å². The van der Waals surface area contributed by atoms with Crippen LogP contribution in [0.15, 0.2) is 36.5 Å². The lowest BCUT2D eigenvalue weighted by molar-refractivity contribution is 0.0285. The van der Waals surface area contributed by atoms with E-state index in [4.69, 9.17) is 16.3 Å². The highest BCUT2D eigenvalue weighted by molar-refractivity contribution is 6.33. The van der Waals surface area contributed by atoms with Gasteiger partial charge in [-0.3, -0.25) is 4.40 Å². The number of nitrogens with zero attached hydrogens (tertiary/aromatic N) is 4. The Labute approximate surface area is 167 Å². The number of ether oxygens (including phenoxy) is 1. The molecule has 0 bridgehead atoms. The molecule has 1 aromatic carbocycles. The molecule has 3 aromatic heterocycles. The van der Waals surface area contributed by atoms with E-state index in [0.29, 0.717) is 16.6 Å². The molecule has 4 rings (SSSR count). The lowest BCUT2D eigenvalue weighted by Crippen LogP contribution is -2.27. The van der Waals surface area contributed by atoms with Crippen LogP contribution in [0.4, 0.5) is 0 Å². The van der Waals surface area contributed by atoms with E-state index in [1.807, 2.05) is 36.4 Å². The standard InChI is InChI=1S/C21H21ClN4O2/c1-12-5-8-17-20(24-12)26-18(13(2)25-17)10-23-19(26)15-9-14(6-7-16(15)22)28-11-21(3,4)27/h5-10,27H,11H2,1-4H3. The lowest BCUT2D eigenvalue weighted by Gasteiger charge is -2.18. The molecule has 144 valence electrons. The number of aliphatic hydroxyl groups is 1. The molecule has 1 N–H and O–H groups in total. The minimum absolute atomic E-state index is 0.170. The molecular weight excluding hydrogens is 376 g/mol. The van der Waals surface area contributed by atoms with Crippen LogP contribution in [0.3, 0.4) is 0 Å². The third-order valence-electron chi connectivity index (χ3n) is 4.40. The molecule has 28 heavy (non-hydrogen) atoms. The smallest absolute Gasteiger partial charge is 0.165 e. The topological polar surface area (TPSA) is 72.5 Å². The number of imidazole rings is 1. The fourth-order valence-corrected chi connectivity index (χ4v) is 3.26. The summed E-state index contributed by atoms with van der Waals surface area (Å²) in [7, 11) is 0. The number of pyridine rings is 1. The van der Waals surface area contributed by atoms with Gasteiger partial charge in [-0.05, 0) is 58.0 Å². The molecule has 0 aliphatic heterocycles. The molecule has 0 saturated carbocycles. The summed E-state index contributed by atoms with van der Waals surface area (Å²) in [5.41, 5.74) is 3.95. The van der Waals surface area contributed by atoms with Gasteiger partial charge in [-0.1, -0.05) is 11.6 Å². The van der Waals surface area contributed by atoms with Crippen LogP contribution in [0.2, 0.25) is 5.02 Å². The van der Waals surface area contributed by atoms with Crippen molar-refractivity contribution in [2.75, 3.05) is 6.61 Å². The van der Waals surface area contributed by atoms with Crippen LogP contribution in [0.25, 0.3) is 28.1 Å². The van der Waals surface area contributed by atoms with E-state index in [1.54, 1.807) is 32.2 Å². The summed E-state index contributed by atoms with van der Waals surface area (Å²) in [5, 5.41) is 10.5. The van der Waals surface area contributed by atoms with Crippen LogP contribution in [-0.4, -0.2) is 36.7 Å². The number of hydrogen-bond acceptors (Lipinski definition) is 5. The highest BCUT2D eigenvalue weighted by Gasteiger charge is 2.18. The molecule has 0 aliphatic rings. The highest BCUT2D eigenvalue weighted by Crippen LogP contribution is 2.33. The van der Waals surface area contributed by atoms with Crippen molar-refractivity contribution in [1.29, 1.82) is 0 Å². The van der Waals surface area contributed by atoms with Crippen molar-refractivity contribution in [2.24, 2.45) is 0 Å². The summed E-state index contributed by atoms with van der Waals surface area (Å²) in [5.74, 6) is 1.28. The van der Waals surface area contributed by atoms with Gasteiger partial charge in [0.15, 0.2) is 5.65 Å². The molecule has 0 atom stereocenters. The fraction of sp³-hybridized carbons (Fsp3) is 0.286. The van der Waals surface area contributed by atoms with E-state index >= 15 is 0 Å². The molecule has 6 nitrogen and oxygen atoms in total. The Bertz CT molecular complexity index is 1190. The van der Waals surface area contributed by atoms with Crippen molar-refractivity contribution in [3.05, 3.63) is 52.9 Å². The number of halogens is 1. The summed E-state index contributed by atoms with van der Waals surface area (Å²) in [6, 6.07) is 9.28. The minimum atomic E-state index is -0.930. The summed E-state index contributed by atoms with van der Waals surface area (Å²) in [6.45, 7) is 7.46. The predicted molar refractivity (Wildman–Crippen MR) is 110 cm³/mol. The van der Waals surface area contributed by atoms with E-state index in [9.17, 15) is 5.11 Å². The zero-order valence-corrected chi connectivity index (χ0v) is 16.9. The molecule has 3 heterocycles. The van der Waals surface area contributed by atoms with Crippen LogP contribution >= 0.6 is 11.6 Å². The van der Waals surface area contributed by atoms with Gasteiger partial charge in [0.05, 0.1) is 28.0 Å². The summed E-state index contributed by atoms with van der Waals surface area (Å²) in [6.07, 6.45) is 1.78. The Morgan fingerprint density at radius 1 is 1.14 bits per heavy atom. The Balaban J connectivity index is 1.92. The maximum Gasteiger partial charge on any atom is 0.165 e. The summed E-state index contributed by atoms with van der Waals surface area (Å²) >= 11 is 6.51. The molecule has 0 amide bonds. The lowest BCUT2D eigenvalue weighted by atomic mass is 10.1.